The molecule has 2 spiro atoms. The van der Waals surface area contributed by atoms with E-state index in [4.69, 9.17) is 43.3 Å². The summed E-state index contributed by atoms with van der Waals surface area (Å²) in [7, 11) is 0. The van der Waals surface area contributed by atoms with Gasteiger partial charge in [0, 0.05) is 31.1 Å². The van der Waals surface area contributed by atoms with Crippen LogP contribution in [-0.4, -0.2) is 59.2 Å². The Hall–Kier alpha value is -1.96. The van der Waals surface area contributed by atoms with Gasteiger partial charge in [-0.25, -0.2) is 24.3 Å². The zero-order chi connectivity index (χ0) is 34.6. The molecule has 16 atom stereocenters. The Morgan fingerprint density at radius 1 is 0.720 bits per heavy atom. The number of hydrogen-bond acceptors (Lipinski definition) is 11. The SMILES string of the molecule is C[C@H]1[C@@H](/C(C[C@H]2O[C@@H]3O[C@@]4(C)CC[C@H]5[C@H](C)CC[C@@H]([C@H]2C)[C@@]35OO4)=N\OC(=O)c2ccccc2)O[C@@H]2O[C@@]3(C)CC[C@H]4[C@H](C)CC[C@@H]1[C@@]24OO3. The molecule has 1 aromatic rings. The van der Waals surface area contributed by atoms with E-state index < -0.39 is 47.4 Å². The number of hydrogen-bond donors (Lipinski definition) is 0. The van der Waals surface area contributed by atoms with Crippen molar-refractivity contribution in [1.82, 2.24) is 0 Å². The molecule has 8 heterocycles. The molecule has 274 valence electrons. The summed E-state index contributed by atoms with van der Waals surface area (Å²) in [4.78, 5) is 44.0. The van der Waals surface area contributed by atoms with Gasteiger partial charge in [0.15, 0.2) is 23.8 Å². The highest BCUT2D eigenvalue weighted by Crippen LogP contribution is 2.63. The number of nitrogens with zero attached hydrogens (tertiary/aromatic N) is 1. The van der Waals surface area contributed by atoms with E-state index >= 15 is 0 Å². The fourth-order valence-electron chi connectivity index (χ4n) is 11.6. The van der Waals surface area contributed by atoms with Crippen LogP contribution in [0.15, 0.2) is 35.5 Å². The lowest BCUT2D eigenvalue weighted by Gasteiger charge is -2.61. The van der Waals surface area contributed by atoms with Crippen molar-refractivity contribution in [3.63, 3.8) is 0 Å². The lowest BCUT2D eigenvalue weighted by molar-refractivity contribution is -0.571. The molecule has 11 nitrogen and oxygen atoms in total. The molecule has 11 heteroatoms. The van der Waals surface area contributed by atoms with Crippen molar-refractivity contribution in [2.75, 3.05) is 0 Å². The van der Waals surface area contributed by atoms with E-state index in [-0.39, 0.29) is 41.6 Å². The van der Waals surface area contributed by atoms with E-state index in [0.29, 0.717) is 29.5 Å². The maximum Gasteiger partial charge on any atom is 0.365 e. The fourth-order valence-corrected chi connectivity index (χ4v) is 11.6. The Labute approximate surface area is 294 Å². The third-order valence-corrected chi connectivity index (χ3v) is 14.4. The zero-order valence-electron chi connectivity index (χ0n) is 30.2. The molecule has 1 aromatic carbocycles. The molecular weight excluding hydrogens is 642 g/mol. The first kappa shape index (κ1) is 33.8. The van der Waals surface area contributed by atoms with Crippen LogP contribution in [0, 0.1) is 47.3 Å². The van der Waals surface area contributed by atoms with Crippen LogP contribution in [0.4, 0.5) is 0 Å². The van der Waals surface area contributed by atoms with Crippen LogP contribution in [0.25, 0.3) is 0 Å². The smallest absolute Gasteiger partial charge is 0.345 e. The topological polar surface area (TPSA) is 113 Å². The Kier molecular flexibility index (Phi) is 8.14. The van der Waals surface area contributed by atoms with Gasteiger partial charge in [-0.05, 0) is 100 Å². The summed E-state index contributed by atoms with van der Waals surface area (Å²) >= 11 is 0. The summed E-state index contributed by atoms with van der Waals surface area (Å²) in [5, 5.41) is 4.67. The van der Waals surface area contributed by atoms with Crippen LogP contribution in [0.5, 0.6) is 0 Å². The molecule has 2 aliphatic carbocycles. The Bertz CT molecular complexity index is 1510. The quantitative estimate of drug-likeness (QED) is 0.137. The van der Waals surface area contributed by atoms with Gasteiger partial charge in [-0.1, -0.05) is 51.0 Å². The normalized spacial score (nSPS) is 52.3. The second-order valence-corrected chi connectivity index (χ2v) is 17.3. The molecule has 0 radical (unpaired) electrons. The number of rotatable bonds is 5. The van der Waals surface area contributed by atoms with Crippen molar-refractivity contribution >= 4 is 11.7 Å². The number of fused-ring (bicyclic) bond motifs is 4. The van der Waals surface area contributed by atoms with Gasteiger partial charge in [0.05, 0.1) is 17.4 Å². The first-order valence-electron chi connectivity index (χ1n) is 19.2. The molecule has 4 bridgehead atoms. The number of oxime groups is 1. The Morgan fingerprint density at radius 3 is 1.88 bits per heavy atom. The van der Waals surface area contributed by atoms with Crippen LogP contribution >= 0.6 is 0 Å². The highest BCUT2D eigenvalue weighted by atomic mass is 17.3. The molecule has 0 unspecified atom stereocenters. The molecule has 0 aromatic heterocycles. The third-order valence-electron chi connectivity index (χ3n) is 14.4. The minimum absolute atomic E-state index is 0.0315. The molecule has 8 aliphatic heterocycles. The van der Waals surface area contributed by atoms with Gasteiger partial charge in [-0.2, -0.15) is 0 Å². The van der Waals surface area contributed by atoms with E-state index in [0.717, 1.165) is 51.4 Å². The molecule has 11 rings (SSSR count). The van der Waals surface area contributed by atoms with Crippen LogP contribution < -0.4 is 0 Å². The second kappa shape index (κ2) is 12.0. The van der Waals surface area contributed by atoms with Crippen LogP contribution in [-0.2, 0) is 43.3 Å². The van der Waals surface area contributed by atoms with Gasteiger partial charge in [0.2, 0.25) is 11.6 Å². The summed E-state index contributed by atoms with van der Waals surface area (Å²) in [5.74, 6) is -0.583. The van der Waals surface area contributed by atoms with Crippen molar-refractivity contribution in [3.05, 3.63) is 35.9 Å². The van der Waals surface area contributed by atoms with Crippen molar-refractivity contribution in [1.29, 1.82) is 0 Å². The van der Waals surface area contributed by atoms with Crippen molar-refractivity contribution in [3.8, 4) is 0 Å². The lowest BCUT2D eigenvalue weighted by Crippen LogP contribution is -2.71. The minimum Gasteiger partial charge on any atom is -0.345 e. The monoisotopic (exact) mass is 695 g/mol. The molecule has 10 aliphatic rings. The highest BCUT2D eigenvalue weighted by Gasteiger charge is 2.71. The lowest BCUT2D eigenvalue weighted by atomic mass is 9.56. The second-order valence-electron chi connectivity index (χ2n) is 17.3. The molecule has 2 saturated carbocycles. The average molecular weight is 696 g/mol. The number of carbonyl (C=O) groups excluding carboxylic acids is 1. The number of ether oxygens (including phenoxy) is 4. The molecule has 10 fully saturated rings. The van der Waals surface area contributed by atoms with Gasteiger partial charge >= 0.3 is 5.97 Å². The molecule has 0 N–H and O–H groups in total. The zero-order valence-corrected chi connectivity index (χ0v) is 30.2. The first-order valence-corrected chi connectivity index (χ1v) is 19.2. The molecular formula is C39H53NO10. The maximum absolute atomic E-state index is 13.3. The van der Waals surface area contributed by atoms with Gasteiger partial charge in [-0.15, -0.1) is 0 Å². The highest BCUT2D eigenvalue weighted by molar-refractivity contribution is 5.92. The fraction of sp³-hybridized carbons (Fsp3) is 0.795. The molecule has 50 heavy (non-hydrogen) atoms. The summed E-state index contributed by atoms with van der Waals surface area (Å²) in [6.07, 6.45) is 5.88. The van der Waals surface area contributed by atoms with E-state index in [9.17, 15) is 4.79 Å². The van der Waals surface area contributed by atoms with Crippen LogP contribution in [0.2, 0.25) is 0 Å². The predicted molar refractivity (Wildman–Crippen MR) is 178 cm³/mol. The van der Waals surface area contributed by atoms with Gasteiger partial charge in [0.1, 0.15) is 6.10 Å². The summed E-state index contributed by atoms with van der Waals surface area (Å²) in [5.41, 5.74) is -0.337. The van der Waals surface area contributed by atoms with E-state index in [1.807, 2.05) is 32.0 Å². The largest absolute Gasteiger partial charge is 0.365 e. The summed E-state index contributed by atoms with van der Waals surface area (Å²) < 4.78 is 27.4. The van der Waals surface area contributed by atoms with Crippen LogP contribution in [0.3, 0.4) is 0 Å². The van der Waals surface area contributed by atoms with Crippen molar-refractivity contribution < 1.29 is 48.1 Å². The van der Waals surface area contributed by atoms with Crippen LogP contribution in [0.1, 0.15) is 110 Å². The Morgan fingerprint density at radius 2 is 1.28 bits per heavy atom. The standard InChI is InChI=1S/C39H53NO10/c1-21-12-14-28-23(3)31(42-34-38(28)26(21)16-18-36(5,44-34)47-49-38)20-30(40-46-33(41)25-10-8-7-9-11-25)32-24(4)29-15-13-22(2)27-17-19-37(6)45-35(43-32)39(27,29)50-48-37/h7-11,21-24,26-29,31-32,34-35H,12-20H2,1-6H3/b40-30-/t21-,22-,23-,24-,26+,27+,28+,29+,31-,32+,34-,35-,36-,37-,38-,39-/m1/s1. The predicted octanol–water partition coefficient (Wildman–Crippen LogP) is 7.09. The van der Waals surface area contributed by atoms with Crippen molar-refractivity contribution in [2.24, 2.45) is 52.5 Å². The van der Waals surface area contributed by atoms with E-state index in [1.165, 1.54) is 0 Å². The third kappa shape index (κ3) is 4.97. The number of carbonyl (C=O) groups is 1. The Balaban J connectivity index is 1.07. The van der Waals surface area contributed by atoms with E-state index in [2.05, 4.69) is 32.9 Å². The minimum atomic E-state index is -0.905. The molecule has 8 saturated heterocycles. The van der Waals surface area contributed by atoms with Gasteiger partial charge in [0.25, 0.3) is 0 Å². The molecule has 0 amide bonds. The van der Waals surface area contributed by atoms with E-state index in [1.54, 1.807) is 12.1 Å². The summed E-state index contributed by atoms with van der Waals surface area (Å²) in [6, 6.07) is 8.95. The number of benzene rings is 1. The average Bonchev–Trinajstić information content (AvgIpc) is 3.48. The van der Waals surface area contributed by atoms with Gasteiger partial charge < -0.3 is 23.8 Å². The maximum atomic E-state index is 13.3. The van der Waals surface area contributed by atoms with Gasteiger partial charge in [-0.3, -0.25) is 0 Å². The summed E-state index contributed by atoms with van der Waals surface area (Å²) in [6.45, 7) is 13.0. The van der Waals surface area contributed by atoms with Crippen molar-refractivity contribution in [2.45, 2.75) is 147 Å². The first-order chi connectivity index (χ1) is 24.0.